The van der Waals surface area contributed by atoms with Crippen LogP contribution < -0.4 is 11.1 Å². The number of aryl methyl sites for hydroxylation is 1. The van der Waals surface area contributed by atoms with Gasteiger partial charge in [-0.2, -0.15) is 4.37 Å². The van der Waals surface area contributed by atoms with Gasteiger partial charge in [0.05, 0.1) is 5.54 Å². The summed E-state index contributed by atoms with van der Waals surface area (Å²) in [4.78, 5) is 4.41. The molecule has 0 atom stereocenters. The van der Waals surface area contributed by atoms with Crippen molar-refractivity contribution in [2.45, 2.75) is 38.1 Å². The molecule has 78 valence electrons. The maximum atomic E-state index is 5.68. The molecule has 1 fully saturated rings. The molecule has 0 spiro atoms. The third-order valence-corrected chi connectivity index (χ3v) is 3.23. The van der Waals surface area contributed by atoms with E-state index in [-0.39, 0.29) is 5.54 Å². The van der Waals surface area contributed by atoms with Crippen LogP contribution in [-0.4, -0.2) is 21.4 Å². The third-order valence-electron chi connectivity index (χ3n) is 2.56. The van der Waals surface area contributed by atoms with Gasteiger partial charge in [0.15, 0.2) is 0 Å². The third kappa shape index (κ3) is 2.04. The normalized spacial score (nSPS) is 18.1. The molecule has 0 aliphatic heterocycles. The van der Waals surface area contributed by atoms with Crippen molar-refractivity contribution < 1.29 is 0 Å². The van der Waals surface area contributed by atoms with E-state index in [0.29, 0.717) is 6.54 Å². The second-order valence-corrected chi connectivity index (χ2v) is 4.63. The van der Waals surface area contributed by atoms with E-state index in [1.165, 1.54) is 11.5 Å². The van der Waals surface area contributed by atoms with Gasteiger partial charge in [0.2, 0.25) is 5.13 Å². The van der Waals surface area contributed by atoms with Crippen LogP contribution in [0.4, 0.5) is 5.13 Å². The Morgan fingerprint density at radius 2 is 2.36 bits per heavy atom. The van der Waals surface area contributed by atoms with E-state index >= 15 is 0 Å². The molecule has 0 radical (unpaired) electrons. The maximum absolute atomic E-state index is 5.68. The number of anilines is 1. The lowest BCUT2D eigenvalue weighted by Gasteiger charge is -2.12. The number of rotatable bonds is 5. The van der Waals surface area contributed by atoms with Crippen molar-refractivity contribution in [2.24, 2.45) is 5.73 Å². The largest absolute Gasteiger partial charge is 0.354 e. The van der Waals surface area contributed by atoms with Gasteiger partial charge in [-0.3, -0.25) is 0 Å². The second-order valence-electron chi connectivity index (χ2n) is 3.88. The average molecular weight is 212 g/mol. The van der Waals surface area contributed by atoms with Crippen molar-refractivity contribution in [3.05, 3.63) is 5.82 Å². The van der Waals surface area contributed by atoms with Gasteiger partial charge in [-0.15, -0.1) is 0 Å². The van der Waals surface area contributed by atoms with Crippen LogP contribution in [0.2, 0.25) is 0 Å². The topological polar surface area (TPSA) is 63.8 Å². The summed E-state index contributed by atoms with van der Waals surface area (Å²) < 4.78 is 4.28. The van der Waals surface area contributed by atoms with Gasteiger partial charge in [0.25, 0.3) is 0 Å². The molecule has 1 saturated carbocycles. The lowest BCUT2D eigenvalue weighted by molar-refractivity contribution is 0.739. The van der Waals surface area contributed by atoms with E-state index in [1.807, 2.05) is 0 Å². The van der Waals surface area contributed by atoms with E-state index in [0.717, 1.165) is 36.6 Å². The standard InChI is InChI=1S/C9H16N4S/c1-2-3-7-11-8(14-13-7)12-9(6-10)4-5-9/h2-6,10H2,1H3,(H,11,12,13). The average Bonchev–Trinajstić information content (AvgIpc) is 2.82. The zero-order chi connectivity index (χ0) is 10.0. The summed E-state index contributed by atoms with van der Waals surface area (Å²) in [7, 11) is 0. The molecule has 0 amide bonds. The molecule has 1 aromatic rings. The summed E-state index contributed by atoms with van der Waals surface area (Å²) in [6.07, 6.45) is 4.38. The van der Waals surface area contributed by atoms with Crippen molar-refractivity contribution in [2.75, 3.05) is 11.9 Å². The van der Waals surface area contributed by atoms with Gasteiger partial charge in [-0.05, 0) is 19.3 Å². The molecule has 0 saturated heterocycles. The summed E-state index contributed by atoms with van der Waals surface area (Å²) in [6.45, 7) is 2.83. The van der Waals surface area contributed by atoms with E-state index in [2.05, 4.69) is 21.6 Å². The van der Waals surface area contributed by atoms with E-state index < -0.39 is 0 Å². The van der Waals surface area contributed by atoms with Crippen LogP contribution >= 0.6 is 11.5 Å². The fraction of sp³-hybridized carbons (Fsp3) is 0.778. The fourth-order valence-corrected chi connectivity index (χ4v) is 2.12. The van der Waals surface area contributed by atoms with Gasteiger partial charge in [0.1, 0.15) is 5.82 Å². The maximum Gasteiger partial charge on any atom is 0.203 e. The summed E-state index contributed by atoms with van der Waals surface area (Å²) >= 11 is 1.44. The van der Waals surface area contributed by atoms with E-state index in [4.69, 9.17) is 5.73 Å². The molecule has 2 rings (SSSR count). The van der Waals surface area contributed by atoms with Crippen LogP contribution in [0.1, 0.15) is 32.0 Å². The minimum absolute atomic E-state index is 0.142. The quantitative estimate of drug-likeness (QED) is 0.774. The molecular weight excluding hydrogens is 196 g/mol. The van der Waals surface area contributed by atoms with Crippen molar-refractivity contribution in [3.8, 4) is 0 Å². The molecule has 4 nitrogen and oxygen atoms in total. The van der Waals surface area contributed by atoms with Crippen molar-refractivity contribution in [1.29, 1.82) is 0 Å². The minimum Gasteiger partial charge on any atom is -0.354 e. The first-order valence-corrected chi connectivity index (χ1v) is 5.86. The molecule has 3 N–H and O–H groups in total. The second kappa shape index (κ2) is 3.82. The first-order valence-electron chi connectivity index (χ1n) is 5.09. The number of hydrogen-bond donors (Lipinski definition) is 2. The fourth-order valence-electron chi connectivity index (χ4n) is 1.39. The Morgan fingerprint density at radius 3 is 2.93 bits per heavy atom. The van der Waals surface area contributed by atoms with Crippen LogP contribution in [0.5, 0.6) is 0 Å². The van der Waals surface area contributed by atoms with Gasteiger partial charge in [-0.1, -0.05) is 6.92 Å². The van der Waals surface area contributed by atoms with Crippen LogP contribution in [0.3, 0.4) is 0 Å². The van der Waals surface area contributed by atoms with Crippen molar-refractivity contribution >= 4 is 16.7 Å². The van der Waals surface area contributed by atoms with Gasteiger partial charge >= 0.3 is 0 Å². The molecule has 1 aliphatic rings. The highest BCUT2D eigenvalue weighted by Crippen LogP contribution is 2.38. The van der Waals surface area contributed by atoms with Crippen LogP contribution in [0.15, 0.2) is 0 Å². The summed E-state index contributed by atoms with van der Waals surface area (Å²) in [5.41, 5.74) is 5.82. The molecule has 1 aliphatic carbocycles. The Morgan fingerprint density at radius 1 is 1.57 bits per heavy atom. The zero-order valence-electron chi connectivity index (χ0n) is 8.42. The monoisotopic (exact) mass is 212 g/mol. The predicted molar refractivity (Wildman–Crippen MR) is 58.5 cm³/mol. The molecule has 5 heteroatoms. The SMILES string of the molecule is CCCc1nsc(NC2(CN)CC2)n1. The minimum atomic E-state index is 0.142. The lowest BCUT2D eigenvalue weighted by atomic mass is 10.3. The zero-order valence-corrected chi connectivity index (χ0v) is 9.23. The van der Waals surface area contributed by atoms with E-state index in [1.54, 1.807) is 0 Å². The summed E-state index contributed by atoms with van der Waals surface area (Å²) in [5, 5.41) is 4.30. The van der Waals surface area contributed by atoms with Gasteiger partial charge in [0, 0.05) is 24.5 Å². The van der Waals surface area contributed by atoms with Gasteiger partial charge < -0.3 is 11.1 Å². The molecule has 0 unspecified atom stereocenters. The van der Waals surface area contributed by atoms with Crippen LogP contribution in [0, 0.1) is 0 Å². The number of nitrogens with two attached hydrogens (primary N) is 1. The Hall–Kier alpha value is -0.680. The molecule has 1 aromatic heterocycles. The van der Waals surface area contributed by atoms with E-state index in [9.17, 15) is 0 Å². The summed E-state index contributed by atoms with van der Waals surface area (Å²) in [6, 6.07) is 0. The lowest BCUT2D eigenvalue weighted by Crippen LogP contribution is -2.30. The first-order chi connectivity index (χ1) is 6.78. The Kier molecular flexibility index (Phi) is 2.69. The smallest absolute Gasteiger partial charge is 0.203 e. The van der Waals surface area contributed by atoms with Gasteiger partial charge in [-0.25, -0.2) is 4.98 Å². The van der Waals surface area contributed by atoms with Crippen molar-refractivity contribution in [3.63, 3.8) is 0 Å². The van der Waals surface area contributed by atoms with Crippen molar-refractivity contribution in [1.82, 2.24) is 9.36 Å². The highest BCUT2D eigenvalue weighted by Gasteiger charge is 2.41. The Balaban J connectivity index is 1.96. The highest BCUT2D eigenvalue weighted by atomic mass is 32.1. The number of hydrogen-bond acceptors (Lipinski definition) is 5. The number of nitrogens with zero attached hydrogens (tertiary/aromatic N) is 2. The highest BCUT2D eigenvalue weighted by molar-refractivity contribution is 7.09. The molecule has 0 bridgehead atoms. The van der Waals surface area contributed by atoms with Crippen LogP contribution in [-0.2, 0) is 6.42 Å². The molecular formula is C9H16N4S. The van der Waals surface area contributed by atoms with Crippen LogP contribution in [0.25, 0.3) is 0 Å². The molecule has 14 heavy (non-hydrogen) atoms. The predicted octanol–water partition coefficient (Wildman–Crippen LogP) is 1.39. The molecule has 0 aromatic carbocycles. The first kappa shape index (κ1) is 9.86. The number of nitrogens with one attached hydrogen (secondary N) is 1. The number of aromatic nitrogens is 2. The Labute approximate surface area is 88.1 Å². The summed E-state index contributed by atoms with van der Waals surface area (Å²) in [5.74, 6) is 0.952. The molecule has 1 heterocycles. The Bertz CT molecular complexity index is 306.